The summed E-state index contributed by atoms with van der Waals surface area (Å²) in [7, 11) is 0. The van der Waals surface area contributed by atoms with Gasteiger partial charge in [-0.25, -0.2) is 0 Å². The van der Waals surface area contributed by atoms with Gasteiger partial charge in [-0.1, -0.05) is 13.8 Å². The highest BCUT2D eigenvalue weighted by Gasteiger charge is 2.60. The minimum Gasteiger partial charge on any atom is -0.462 e. The van der Waals surface area contributed by atoms with Crippen molar-refractivity contribution < 1.29 is 14.3 Å². The molecule has 4 fully saturated rings. The molecule has 3 heteroatoms. The first-order valence-corrected chi connectivity index (χ1v) is 10.0. The molecular formula is C21H32O3. The molecule has 0 aromatic heterocycles. The normalized spacial score (nSPS) is 50.6. The molecule has 4 rings (SSSR count). The van der Waals surface area contributed by atoms with E-state index in [0.29, 0.717) is 23.0 Å². The number of ether oxygens (including phenoxy) is 1. The summed E-state index contributed by atoms with van der Waals surface area (Å²) in [5.41, 5.74) is 0.554. The Labute approximate surface area is 145 Å². The maximum absolute atomic E-state index is 12.0. The molecule has 0 spiro atoms. The number of Topliss-reactive ketones (excluding diaryl/α,β-unsaturated/α-hetero) is 1. The van der Waals surface area contributed by atoms with Gasteiger partial charge in [0.25, 0.3) is 0 Å². The lowest BCUT2D eigenvalue weighted by atomic mass is 9.45. The van der Waals surface area contributed by atoms with E-state index in [4.69, 9.17) is 4.74 Å². The number of carbonyl (C=O) groups excluding carboxylic acids is 2. The van der Waals surface area contributed by atoms with Gasteiger partial charge in [-0.3, -0.25) is 9.59 Å². The molecule has 7 atom stereocenters. The molecule has 134 valence electrons. The summed E-state index contributed by atoms with van der Waals surface area (Å²) in [5.74, 6) is 3.25. The van der Waals surface area contributed by atoms with Crippen molar-refractivity contribution in [1.29, 1.82) is 0 Å². The van der Waals surface area contributed by atoms with Crippen LogP contribution in [0.5, 0.6) is 0 Å². The predicted molar refractivity (Wildman–Crippen MR) is 92.3 cm³/mol. The van der Waals surface area contributed by atoms with Gasteiger partial charge in [0.05, 0.1) is 0 Å². The number of hydrogen-bond acceptors (Lipinski definition) is 3. The second-order valence-corrected chi connectivity index (χ2v) is 9.62. The number of hydrogen-bond donors (Lipinski definition) is 0. The van der Waals surface area contributed by atoms with Gasteiger partial charge in [0.15, 0.2) is 0 Å². The largest absolute Gasteiger partial charge is 0.462 e. The Hall–Kier alpha value is -0.860. The van der Waals surface area contributed by atoms with E-state index in [0.717, 1.165) is 37.5 Å². The molecule has 24 heavy (non-hydrogen) atoms. The topological polar surface area (TPSA) is 43.4 Å². The van der Waals surface area contributed by atoms with E-state index in [1.54, 1.807) is 6.92 Å². The Morgan fingerprint density at radius 2 is 1.75 bits per heavy atom. The molecule has 3 nitrogen and oxygen atoms in total. The lowest BCUT2D eigenvalue weighted by Crippen LogP contribution is -2.54. The third-order valence-corrected chi connectivity index (χ3v) is 8.70. The van der Waals surface area contributed by atoms with Gasteiger partial charge in [0, 0.05) is 25.2 Å². The van der Waals surface area contributed by atoms with E-state index in [1.165, 1.54) is 32.1 Å². The minimum absolute atomic E-state index is 0.120. The summed E-state index contributed by atoms with van der Waals surface area (Å²) in [6.07, 6.45) is 10.1. The zero-order chi connectivity index (χ0) is 17.1. The molecule has 0 radical (unpaired) electrons. The van der Waals surface area contributed by atoms with Crippen molar-refractivity contribution in [3.8, 4) is 0 Å². The van der Waals surface area contributed by atoms with Gasteiger partial charge in [0.1, 0.15) is 11.9 Å². The number of esters is 1. The Morgan fingerprint density at radius 3 is 2.50 bits per heavy atom. The minimum atomic E-state index is -0.120. The molecule has 4 saturated carbocycles. The van der Waals surface area contributed by atoms with Crippen LogP contribution in [0.2, 0.25) is 0 Å². The van der Waals surface area contributed by atoms with Gasteiger partial charge in [-0.15, -0.1) is 0 Å². The summed E-state index contributed by atoms with van der Waals surface area (Å²) in [4.78, 5) is 23.5. The van der Waals surface area contributed by atoms with Gasteiger partial charge in [0.2, 0.25) is 0 Å². The van der Waals surface area contributed by atoms with E-state index >= 15 is 0 Å². The van der Waals surface area contributed by atoms with Gasteiger partial charge in [-0.05, 0) is 74.0 Å². The van der Waals surface area contributed by atoms with Crippen LogP contribution in [0.25, 0.3) is 0 Å². The lowest BCUT2D eigenvalue weighted by molar-refractivity contribution is -0.162. The van der Waals surface area contributed by atoms with Crippen LogP contribution in [-0.4, -0.2) is 17.9 Å². The van der Waals surface area contributed by atoms with Crippen molar-refractivity contribution in [3.63, 3.8) is 0 Å². The van der Waals surface area contributed by atoms with Gasteiger partial charge < -0.3 is 4.74 Å². The highest BCUT2D eigenvalue weighted by atomic mass is 16.5. The van der Waals surface area contributed by atoms with Crippen LogP contribution in [0.4, 0.5) is 0 Å². The smallest absolute Gasteiger partial charge is 0.302 e. The Bertz CT molecular complexity index is 555. The SMILES string of the molecule is CC(=O)O[C@H]1CC[C@H]2[C@@H]3CCC4CC(=O)CC[C@]4(C)[C@H]3CC[C@]12C. The first-order valence-electron chi connectivity index (χ1n) is 10.0. The van der Waals surface area contributed by atoms with Crippen molar-refractivity contribution in [3.05, 3.63) is 0 Å². The molecular weight excluding hydrogens is 300 g/mol. The standard InChI is InChI=1S/C21H32O3/c1-13(22)24-19-7-6-17-16-5-4-14-12-15(23)8-10-20(14,2)18(16)9-11-21(17,19)3/h14,16-19H,4-12H2,1-3H3/t14?,16-,17-,18-,19-,20-,21-/m0/s1. The van der Waals surface area contributed by atoms with Crippen molar-refractivity contribution in [2.24, 2.45) is 34.5 Å². The first kappa shape index (κ1) is 16.6. The molecule has 1 unspecified atom stereocenters. The molecule has 0 aromatic carbocycles. The highest BCUT2D eigenvalue weighted by Crippen LogP contribution is 2.66. The monoisotopic (exact) mass is 332 g/mol. The summed E-state index contributed by atoms with van der Waals surface area (Å²) >= 11 is 0. The average molecular weight is 332 g/mol. The average Bonchev–Trinajstić information content (AvgIpc) is 2.84. The van der Waals surface area contributed by atoms with E-state index in [-0.39, 0.29) is 17.5 Å². The Kier molecular flexibility index (Phi) is 3.85. The van der Waals surface area contributed by atoms with E-state index in [2.05, 4.69) is 13.8 Å². The van der Waals surface area contributed by atoms with Crippen molar-refractivity contribution in [1.82, 2.24) is 0 Å². The predicted octanol–water partition coefficient (Wildman–Crippen LogP) is 4.53. The number of ketones is 1. The summed E-state index contributed by atoms with van der Waals surface area (Å²) in [5, 5.41) is 0. The number of carbonyl (C=O) groups is 2. The quantitative estimate of drug-likeness (QED) is 0.663. The van der Waals surface area contributed by atoms with Crippen LogP contribution in [0.1, 0.15) is 78.6 Å². The number of rotatable bonds is 1. The maximum Gasteiger partial charge on any atom is 0.302 e. The highest BCUT2D eigenvalue weighted by molar-refractivity contribution is 5.79. The third-order valence-electron chi connectivity index (χ3n) is 8.70. The van der Waals surface area contributed by atoms with E-state index < -0.39 is 0 Å². The van der Waals surface area contributed by atoms with Crippen LogP contribution >= 0.6 is 0 Å². The molecule has 0 bridgehead atoms. The van der Waals surface area contributed by atoms with Crippen molar-refractivity contribution in [2.45, 2.75) is 84.7 Å². The van der Waals surface area contributed by atoms with Crippen LogP contribution in [0, 0.1) is 34.5 Å². The van der Waals surface area contributed by atoms with Gasteiger partial charge in [-0.2, -0.15) is 0 Å². The second-order valence-electron chi connectivity index (χ2n) is 9.62. The zero-order valence-electron chi connectivity index (χ0n) is 15.5. The Balaban J connectivity index is 1.58. The summed E-state index contributed by atoms with van der Waals surface area (Å²) in [6.45, 7) is 6.42. The maximum atomic E-state index is 12.0. The Morgan fingerprint density at radius 1 is 1.00 bits per heavy atom. The van der Waals surface area contributed by atoms with Crippen LogP contribution < -0.4 is 0 Å². The molecule has 0 amide bonds. The summed E-state index contributed by atoms with van der Waals surface area (Å²) in [6, 6.07) is 0. The third kappa shape index (κ3) is 2.29. The van der Waals surface area contributed by atoms with Gasteiger partial charge >= 0.3 is 5.97 Å². The number of fused-ring (bicyclic) bond motifs is 5. The van der Waals surface area contributed by atoms with Crippen LogP contribution in [-0.2, 0) is 14.3 Å². The fourth-order valence-corrected chi connectivity index (χ4v) is 7.39. The molecule has 4 aliphatic carbocycles. The fourth-order valence-electron chi connectivity index (χ4n) is 7.39. The zero-order valence-corrected chi connectivity index (χ0v) is 15.5. The fraction of sp³-hybridized carbons (Fsp3) is 0.905. The first-order chi connectivity index (χ1) is 11.3. The molecule has 4 aliphatic rings. The second kappa shape index (κ2) is 5.57. The van der Waals surface area contributed by atoms with Crippen molar-refractivity contribution in [2.75, 3.05) is 0 Å². The van der Waals surface area contributed by atoms with Crippen LogP contribution in [0.3, 0.4) is 0 Å². The molecule has 0 heterocycles. The molecule has 0 aromatic rings. The molecule has 0 aliphatic heterocycles. The van der Waals surface area contributed by atoms with Crippen molar-refractivity contribution >= 4 is 11.8 Å². The van der Waals surface area contributed by atoms with E-state index in [9.17, 15) is 9.59 Å². The van der Waals surface area contributed by atoms with E-state index in [1.807, 2.05) is 0 Å². The van der Waals surface area contributed by atoms with Crippen LogP contribution in [0.15, 0.2) is 0 Å². The lowest BCUT2D eigenvalue weighted by Gasteiger charge is -2.60. The summed E-state index contributed by atoms with van der Waals surface area (Å²) < 4.78 is 5.73. The molecule has 0 N–H and O–H groups in total. The molecule has 0 saturated heterocycles.